The minimum Gasteiger partial charge on any atom is -0.206 e. The van der Waals surface area contributed by atoms with Crippen LogP contribution >= 0.6 is 27.3 Å². The van der Waals surface area contributed by atoms with Crippen LogP contribution in [-0.4, -0.2) is 0 Å². The second-order valence-electron chi connectivity index (χ2n) is 3.64. The summed E-state index contributed by atoms with van der Waals surface area (Å²) in [7, 11) is 0. The SMILES string of the molecule is CCc1cc(F)c(C#Cc2ccc(Br)s2)c(F)c1. The number of rotatable bonds is 1. The maximum atomic E-state index is 13.7. The maximum Gasteiger partial charge on any atom is 0.142 e. The fourth-order valence-corrected chi connectivity index (χ4v) is 2.69. The molecule has 0 spiro atoms. The van der Waals surface area contributed by atoms with Crippen molar-refractivity contribution in [3.05, 3.63) is 55.7 Å². The first-order chi connectivity index (χ1) is 8.60. The lowest BCUT2D eigenvalue weighted by Crippen LogP contribution is -1.93. The van der Waals surface area contributed by atoms with E-state index in [0.29, 0.717) is 12.0 Å². The Hall–Kier alpha value is -1.18. The van der Waals surface area contributed by atoms with Gasteiger partial charge < -0.3 is 0 Å². The molecule has 18 heavy (non-hydrogen) atoms. The predicted octanol–water partition coefficient (Wildman–Crippen LogP) is 4.75. The third-order valence-corrected chi connectivity index (χ3v) is 3.93. The van der Waals surface area contributed by atoms with Crippen molar-refractivity contribution in [2.45, 2.75) is 13.3 Å². The van der Waals surface area contributed by atoms with Crippen molar-refractivity contribution in [3.63, 3.8) is 0 Å². The van der Waals surface area contributed by atoms with E-state index in [4.69, 9.17) is 0 Å². The summed E-state index contributed by atoms with van der Waals surface area (Å²) in [6.07, 6.45) is 0.597. The van der Waals surface area contributed by atoms with Crippen LogP contribution in [-0.2, 0) is 6.42 Å². The average molecular weight is 327 g/mol. The molecule has 2 aromatic rings. The monoisotopic (exact) mass is 326 g/mol. The molecule has 0 amide bonds. The van der Waals surface area contributed by atoms with Crippen LogP contribution in [0.5, 0.6) is 0 Å². The third-order valence-electron chi connectivity index (χ3n) is 2.39. The van der Waals surface area contributed by atoms with E-state index < -0.39 is 11.6 Å². The Morgan fingerprint density at radius 3 is 2.33 bits per heavy atom. The van der Waals surface area contributed by atoms with Crippen molar-refractivity contribution in [2.75, 3.05) is 0 Å². The summed E-state index contributed by atoms with van der Waals surface area (Å²) in [6, 6.07) is 6.31. The van der Waals surface area contributed by atoms with Gasteiger partial charge in [0.05, 0.1) is 14.2 Å². The zero-order valence-corrected chi connectivity index (χ0v) is 12.0. The van der Waals surface area contributed by atoms with Gasteiger partial charge >= 0.3 is 0 Å². The van der Waals surface area contributed by atoms with E-state index >= 15 is 0 Å². The van der Waals surface area contributed by atoms with Gasteiger partial charge in [0.15, 0.2) is 0 Å². The van der Waals surface area contributed by atoms with E-state index in [-0.39, 0.29) is 5.56 Å². The van der Waals surface area contributed by atoms with Crippen molar-refractivity contribution >= 4 is 27.3 Å². The zero-order valence-electron chi connectivity index (χ0n) is 9.56. The molecular formula is C14H9BrF2S. The smallest absolute Gasteiger partial charge is 0.142 e. The molecule has 0 aliphatic heterocycles. The van der Waals surface area contributed by atoms with Gasteiger partial charge in [0.25, 0.3) is 0 Å². The molecule has 0 N–H and O–H groups in total. The van der Waals surface area contributed by atoms with Gasteiger partial charge in [-0.25, -0.2) is 8.78 Å². The Labute approximate surface area is 117 Å². The van der Waals surface area contributed by atoms with E-state index in [2.05, 4.69) is 27.8 Å². The van der Waals surface area contributed by atoms with Gasteiger partial charge in [0.1, 0.15) is 11.6 Å². The molecule has 2 rings (SSSR count). The van der Waals surface area contributed by atoms with Gasteiger partial charge in [-0.15, -0.1) is 11.3 Å². The molecule has 0 radical (unpaired) electrons. The molecule has 0 aliphatic rings. The van der Waals surface area contributed by atoms with Crippen molar-refractivity contribution in [2.24, 2.45) is 0 Å². The molecule has 0 unspecified atom stereocenters. The van der Waals surface area contributed by atoms with Crippen molar-refractivity contribution < 1.29 is 8.78 Å². The van der Waals surface area contributed by atoms with Gasteiger partial charge in [-0.2, -0.15) is 0 Å². The van der Waals surface area contributed by atoms with Crippen LogP contribution in [0.1, 0.15) is 22.9 Å². The Morgan fingerprint density at radius 2 is 1.83 bits per heavy atom. The molecule has 0 saturated heterocycles. The number of aryl methyl sites for hydroxylation is 1. The fraction of sp³-hybridized carbons (Fsp3) is 0.143. The van der Waals surface area contributed by atoms with Crippen LogP contribution in [0, 0.1) is 23.5 Å². The molecule has 0 bridgehead atoms. The molecule has 1 aromatic carbocycles. The molecular weight excluding hydrogens is 318 g/mol. The van der Waals surface area contributed by atoms with Crippen LogP contribution in [0.15, 0.2) is 28.1 Å². The van der Waals surface area contributed by atoms with Crippen molar-refractivity contribution in [1.29, 1.82) is 0 Å². The first kappa shape index (κ1) is 13.3. The largest absolute Gasteiger partial charge is 0.206 e. The highest BCUT2D eigenvalue weighted by Gasteiger charge is 2.08. The van der Waals surface area contributed by atoms with Crippen molar-refractivity contribution in [3.8, 4) is 11.8 Å². The standard InChI is InChI=1S/C14H9BrF2S/c1-2-9-7-12(16)11(13(17)8-9)5-3-10-4-6-14(15)18-10/h4,6-8H,2H2,1H3. The van der Waals surface area contributed by atoms with Crippen LogP contribution in [0.25, 0.3) is 0 Å². The normalized spacial score (nSPS) is 10.0. The van der Waals surface area contributed by atoms with Crippen LogP contribution < -0.4 is 0 Å². The molecule has 4 heteroatoms. The Balaban J connectivity index is 2.38. The number of halogens is 3. The molecule has 1 heterocycles. The summed E-state index contributed by atoms with van der Waals surface area (Å²) >= 11 is 4.73. The summed E-state index contributed by atoms with van der Waals surface area (Å²) in [5, 5.41) is 0. The average Bonchev–Trinajstić information content (AvgIpc) is 2.73. The second kappa shape index (κ2) is 5.64. The maximum absolute atomic E-state index is 13.7. The molecule has 0 nitrogen and oxygen atoms in total. The van der Waals surface area contributed by atoms with Gasteiger partial charge in [0, 0.05) is 0 Å². The highest BCUT2D eigenvalue weighted by molar-refractivity contribution is 9.11. The molecule has 1 aromatic heterocycles. The quantitative estimate of drug-likeness (QED) is 0.663. The summed E-state index contributed by atoms with van der Waals surface area (Å²) in [5.41, 5.74) is 0.464. The minimum atomic E-state index is -0.602. The Bertz CT molecular complexity index is 612. The summed E-state index contributed by atoms with van der Waals surface area (Å²) in [5.74, 6) is 4.11. The third kappa shape index (κ3) is 2.98. The Morgan fingerprint density at radius 1 is 1.17 bits per heavy atom. The van der Waals surface area contributed by atoms with Crippen LogP contribution in [0.2, 0.25) is 0 Å². The van der Waals surface area contributed by atoms with Gasteiger partial charge in [-0.3, -0.25) is 0 Å². The lowest BCUT2D eigenvalue weighted by molar-refractivity contribution is 0.574. The highest BCUT2D eigenvalue weighted by atomic mass is 79.9. The fourth-order valence-electron chi connectivity index (χ4n) is 1.45. The molecule has 0 aliphatic carbocycles. The number of thiophene rings is 1. The van der Waals surface area contributed by atoms with Crippen LogP contribution in [0.3, 0.4) is 0 Å². The van der Waals surface area contributed by atoms with Gasteiger partial charge in [0.2, 0.25) is 0 Å². The summed E-state index contributed by atoms with van der Waals surface area (Å²) < 4.78 is 28.3. The minimum absolute atomic E-state index is 0.170. The van der Waals surface area contributed by atoms with Gasteiger partial charge in [-0.1, -0.05) is 18.8 Å². The van der Waals surface area contributed by atoms with E-state index in [1.807, 2.05) is 13.0 Å². The first-order valence-electron chi connectivity index (χ1n) is 5.35. The Kier molecular flexibility index (Phi) is 4.15. The molecule has 0 saturated carbocycles. The topological polar surface area (TPSA) is 0 Å². The highest BCUT2D eigenvalue weighted by Crippen LogP contribution is 2.21. The summed E-state index contributed by atoms with van der Waals surface area (Å²) in [4.78, 5) is 0.764. The summed E-state index contributed by atoms with van der Waals surface area (Å²) in [6.45, 7) is 1.85. The van der Waals surface area contributed by atoms with E-state index in [1.165, 1.54) is 23.5 Å². The van der Waals surface area contributed by atoms with E-state index in [9.17, 15) is 8.78 Å². The lowest BCUT2D eigenvalue weighted by Gasteiger charge is -2.01. The molecule has 0 fully saturated rings. The van der Waals surface area contributed by atoms with Crippen molar-refractivity contribution in [1.82, 2.24) is 0 Å². The number of hydrogen-bond acceptors (Lipinski definition) is 1. The first-order valence-corrected chi connectivity index (χ1v) is 6.96. The second-order valence-corrected chi connectivity index (χ2v) is 6.10. The molecule has 0 atom stereocenters. The van der Waals surface area contributed by atoms with Crippen LogP contribution in [0.4, 0.5) is 8.78 Å². The van der Waals surface area contributed by atoms with E-state index in [1.54, 1.807) is 6.07 Å². The van der Waals surface area contributed by atoms with Gasteiger partial charge in [-0.05, 0) is 52.2 Å². The molecule has 92 valence electrons. The number of benzene rings is 1. The zero-order chi connectivity index (χ0) is 13.1. The predicted molar refractivity (Wildman–Crippen MR) is 73.7 cm³/mol. The number of hydrogen-bond donors (Lipinski definition) is 0. The lowest BCUT2D eigenvalue weighted by atomic mass is 10.1. The van der Waals surface area contributed by atoms with E-state index in [0.717, 1.165) is 8.66 Å².